The fraction of sp³-hybridized carbons (Fsp3) is 0.667. The molecule has 0 aromatic heterocycles. The van der Waals surface area contributed by atoms with E-state index in [0.29, 0.717) is 12.1 Å². The molecule has 1 unspecified atom stereocenters. The average molecular weight is 287 g/mol. The van der Waals surface area contributed by atoms with Crippen LogP contribution in [-0.4, -0.2) is 25.0 Å². The number of hydrogen-bond donors (Lipinski definition) is 1. The fourth-order valence-electron chi connectivity index (χ4n) is 3.86. The van der Waals surface area contributed by atoms with Gasteiger partial charge in [0.05, 0.1) is 13.2 Å². The molecule has 1 heterocycles. The molecule has 1 spiro atoms. The van der Waals surface area contributed by atoms with Crippen molar-refractivity contribution in [3.05, 3.63) is 35.9 Å². The largest absolute Gasteiger partial charge is 0.348 e. The predicted octanol–water partition coefficient (Wildman–Crippen LogP) is 3.41. The zero-order chi connectivity index (χ0) is 14.1. The van der Waals surface area contributed by atoms with Crippen LogP contribution in [0, 0.1) is 5.92 Å². The Kier molecular flexibility index (Phi) is 3.74. The van der Waals surface area contributed by atoms with Gasteiger partial charge in [0.25, 0.3) is 0 Å². The SMILES string of the molecule is c1ccc(C(NC2CCC3(CC2)OCCO3)C2CC2)cc1. The first-order valence-electron chi connectivity index (χ1n) is 8.44. The van der Waals surface area contributed by atoms with Gasteiger partial charge in [-0.05, 0) is 37.2 Å². The van der Waals surface area contributed by atoms with Crippen LogP contribution in [0.25, 0.3) is 0 Å². The summed E-state index contributed by atoms with van der Waals surface area (Å²) in [7, 11) is 0. The molecule has 2 saturated carbocycles. The van der Waals surface area contributed by atoms with Crippen molar-refractivity contribution < 1.29 is 9.47 Å². The average Bonchev–Trinajstić information content (AvgIpc) is 3.28. The van der Waals surface area contributed by atoms with Crippen LogP contribution in [-0.2, 0) is 9.47 Å². The molecule has 1 saturated heterocycles. The molecule has 1 aromatic carbocycles. The van der Waals surface area contributed by atoms with Crippen LogP contribution in [0.1, 0.15) is 50.1 Å². The quantitative estimate of drug-likeness (QED) is 0.920. The molecule has 0 amide bonds. The predicted molar refractivity (Wildman–Crippen MR) is 81.9 cm³/mol. The van der Waals surface area contributed by atoms with Crippen molar-refractivity contribution in [1.29, 1.82) is 0 Å². The van der Waals surface area contributed by atoms with E-state index in [9.17, 15) is 0 Å². The zero-order valence-electron chi connectivity index (χ0n) is 12.6. The molecular formula is C18H25NO2. The lowest BCUT2D eigenvalue weighted by atomic mass is 9.88. The van der Waals surface area contributed by atoms with Crippen molar-refractivity contribution in [2.75, 3.05) is 13.2 Å². The summed E-state index contributed by atoms with van der Waals surface area (Å²) < 4.78 is 11.7. The second-order valence-corrected chi connectivity index (χ2v) is 6.77. The van der Waals surface area contributed by atoms with E-state index in [4.69, 9.17) is 9.47 Å². The second-order valence-electron chi connectivity index (χ2n) is 6.77. The Morgan fingerprint density at radius 1 is 0.952 bits per heavy atom. The Labute approximate surface area is 127 Å². The minimum Gasteiger partial charge on any atom is -0.348 e. The van der Waals surface area contributed by atoms with Crippen molar-refractivity contribution in [3.63, 3.8) is 0 Å². The molecule has 2 aliphatic carbocycles. The summed E-state index contributed by atoms with van der Waals surface area (Å²) in [6.07, 6.45) is 7.14. The topological polar surface area (TPSA) is 30.5 Å². The fourth-order valence-corrected chi connectivity index (χ4v) is 3.86. The van der Waals surface area contributed by atoms with Crippen molar-refractivity contribution >= 4 is 0 Å². The van der Waals surface area contributed by atoms with Gasteiger partial charge in [-0.2, -0.15) is 0 Å². The van der Waals surface area contributed by atoms with Gasteiger partial charge in [-0.25, -0.2) is 0 Å². The summed E-state index contributed by atoms with van der Waals surface area (Å²) in [6.45, 7) is 1.54. The standard InChI is InChI=1S/C18H25NO2/c1-2-4-14(5-3-1)17(15-6-7-15)19-16-8-10-18(11-9-16)20-12-13-21-18/h1-5,15-17,19H,6-13H2. The van der Waals surface area contributed by atoms with Crippen LogP contribution in [0.15, 0.2) is 30.3 Å². The lowest BCUT2D eigenvalue weighted by molar-refractivity contribution is -0.179. The van der Waals surface area contributed by atoms with Gasteiger partial charge in [0.2, 0.25) is 0 Å². The highest BCUT2D eigenvalue weighted by Crippen LogP contribution is 2.43. The molecule has 1 N–H and O–H groups in total. The number of ether oxygens (including phenoxy) is 2. The van der Waals surface area contributed by atoms with Crippen LogP contribution in [0.4, 0.5) is 0 Å². The molecule has 3 heteroatoms. The van der Waals surface area contributed by atoms with Crippen LogP contribution in [0.2, 0.25) is 0 Å². The molecule has 3 aliphatic rings. The molecule has 0 bridgehead atoms. The highest BCUT2D eigenvalue weighted by Gasteiger charge is 2.41. The van der Waals surface area contributed by atoms with Gasteiger partial charge in [-0.1, -0.05) is 30.3 Å². The van der Waals surface area contributed by atoms with Crippen LogP contribution < -0.4 is 5.32 Å². The van der Waals surface area contributed by atoms with E-state index < -0.39 is 0 Å². The van der Waals surface area contributed by atoms with Crippen molar-refractivity contribution in [3.8, 4) is 0 Å². The second kappa shape index (κ2) is 5.71. The van der Waals surface area contributed by atoms with E-state index in [1.807, 2.05) is 0 Å². The Hall–Kier alpha value is -0.900. The minimum absolute atomic E-state index is 0.236. The van der Waals surface area contributed by atoms with E-state index in [-0.39, 0.29) is 5.79 Å². The molecule has 1 aromatic rings. The van der Waals surface area contributed by atoms with Crippen LogP contribution in [0.3, 0.4) is 0 Å². The molecule has 0 radical (unpaired) electrons. The lowest BCUT2D eigenvalue weighted by Gasteiger charge is -2.37. The van der Waals surface area contributed by atoms with Crippen molar-refractivity contribution in [2.24, 2.45) is 5.92 Å². The summed E-state index contributed by atoms with van der Waals surface area (Å²) in [5.74, 6) is 0.599. The van der Waals surface area contributed by atoms with E-state index in [1.165, 1.54) is 18.4 Å². The van der Waals surface area contributed by atoms with Gasteiger partial charge >= 0.3 is 0 Å². The van der Waals surface area contributed by atoms with Gasteiger partial charge in [0, 0.05) is 24.9 Å². The molecule has 4 rings (SSSR count). The normalized spacial score (nSPS) is 27.0. The van der Waals surface area contributed by atoms with Crippen LogP contribution in [0.5, 0.6) is 0 Å². The maximum Gasteiger partial charge on any atom is 0.168 e. The van der Waals surface area contributed by atoms with Crippen LogP contribution >= 0.6 is 0 Å². The maximum absolute atomic E-state index is 5.83. The first-order chi connectivity index (χ1) is 10.3. The number of benzene rings is 1. The Morgan fingerprint density at radius 2 is 1.62 bits per heavy atom. The molecule has 3 nitrogen and oxygen atoms in total. The summed E-state index contributed by atoms with van der Waals surface area (Å²) in [6, 6.07) is 12.1. The van der Waals surface area contributed by atoms with E-state index in [1.54, 1.807) is 0 Å². The molecule has 1 aliphatic heterocycles. The zero-order valence-corrected chi connectivity index (χ0v) is 12.6. The van der Waals surface area contributed by atoms with Gasteiger partial charge in [0.15, 0.2) is 5.79 Å². The summed E-state index contributed by atoms with van der Waals surface area (Å²) >= 11 is 0. The third kappa shape index (κ3) is 3.01. The van der Waals surface area contributed by atoms with Crippen molar-refractivity contribution in [1.82, 2.24) is 5.32 Å². The Bertz CT molecular complexity index is 455. The molecule has 114 valence electrons. The number of nitrogens with one attached hydrogen (secondary N) is 1. The first-order valence-corrected chi connectivity index (χ1v) is 8.44. The lowest BCUT2D eigenvalue weighted by Crippen LogP contribution is -2.43. The Morgan fingerprint density at radius 3 is 2.24 bits per heavy atom. The first kappa shape index (κ1) is 13.7. The summed E-state index contributed by atoms with van der Waals surface area (Å²) in [5.41, 5.74) is 1.45. The van der Waals surface area contributed by atoms with Gasteiger partial charge in [-0.15, -0.1) is 0 Å². The van der Waals surface area contributed by atoms with Gasteiger partial charge in [0.1, 0.15) is 0 Å². The summed E-state index contributed by atoms with van der Waals surface area (Å²) in [5, 5.41) is 3.93. The molecular weight excluding hydrogens is 262 g/mol. The third-order valence-corrected chi connectivity index (χ3v) is 5.23. The maximum atomic E-state index is 5.83. The third-order valence-electron chi connectivity index (χ3n) is 5.23. The van der Waals surface area contributed by atoms with Crippen molar-refractivity contribution in [2.45, 2.75) is 56.4 Å². The number of rotatable bonds is 4. The summed E-state index contributed by atoms with van der Waals surface area (Å²) in [4.78, 5) is 0. The van der Waals surface area contributed by atoms with Gasteiger partial charge in [-0.3, -0.25) is 0 Å². The van der Waals surface area contributed by atoms with Gasteiger partial charge < -0.3 is 14.8 Å². The molecule has 1 atom stereocenters. The number of hydrogen-bond acceptors (Lipinski definition) is 3. The molecule has 3 fully saturated rings. The Balaban J connectivity index is 1.38. The highest BCUT2D eigenvalue weighted by molar-refractivity contribution is 5.21. The highest BCUT2D eigenvalue weighted by atomic mass is 16.7. The monoisotopic (exact) mass is 287 g/mol. The van der Waals surface area contributed by atoms with E-state index >= 15 is 0 Å². The minimum atomic E-state index is -0.236. The van der Waals surface area contributed by atoms with E-state index in [2.05, 4.69) is 35.6 Å². The van der Waals surface area contributed by atoms with E-state index in [0.717, 1.165) is 44.8 Å². The molecule has 21 heavy (non-hydrogen) atoms. The smallest absolute Gasteiger partial charge is 0.168 e.